The van der Waals surface area contributed by atoms with Crippen molar-refractivity contribution in [3.63, 3.8) is 0 Å². The van der Waals surface area contributed by atoms with Crippen molar-refractivity contribution in [2.24, 2.45) is 0 Å². The molecule has 1 atom stereocenters. The zero-order valence-electron chi connectivity index (χ0n) is 13.4. The van der Waals surface area contributed by atoms with Crippen LogP contribution >= 0.6 is 58.0 Å². The molecule has 27 heavy (non-hydrogen) atoms. The summed E-state index contributed by atoms with van der Waals surface area (Å²) in [6.07, 6.45) is 0.260. The van der Waals surface area contributed by atoms with E-state index in [-0.39, 0.29) is 22.0 Å². The van der Waals surface area contributed by atoms with E-state index >= 15 is 0 Å². The van der Waals surface area contributed by atoms with Crippen LogP contribution in [0.2, 0.25) is 10.0 Å². The fraction of sp³-hybridized carbons (Fsp3) is 0.176. The molecule has 142 valence electrons. The van der Waals surface area contributed by atoms with Gasteiger partial charge in [-0.15, -0.1) is 0 Å². The third kappa shape index (κ3) is 4.55. The third-order valence-electron chi connectivity index (χ3n) is 3.66. The number of nitrogens with one attached hydrogen (secondary N) is 2. The molecule has 3 rings (SSSR count). The molecule has 10 heteroatoms. The van der Waals surface area contributed by atoms with Crippen molar-refractivity contribution < 1.29 is 14.3 Å². The fourth-order valence-electron chi connectivity index (χ4n) is 2.22. The molecule has 1 unspecified atom stereocenters. The minimum absolute atomic E-state index is 0.00597. The smallest absolute Gasteiger partial charge is 0.326 e. The van der Waals surface area contributed by atoms with Gasteiger partial charge in [0.15, 0.2) is 4.33 Å². The SMILES string of the molecule is O=C(NC(=O)c1c(Cl)cccc1Cl)Nc1cccc(OC2(Cl)CC2(Cl)Cl)c1. The van der Waals surface area contributed by atoms with Crippen LogP contribution in [0.3, 0.4) is 0 Å². The lowest BCUT2D eigenvalue weighted by Crippen LogP contribution is -2.34. The lowest BCUT2D eigenvalue weighted by Gasteiger charge is -2.14. The number of amides is 3. The van der Waals surface area contributed by atoms with Crippen LogP contribution in [0, 0.1) is 0 Å². The largest absolute Gasteiger partial charge is 0.468 e. The molecular weight excluding hydrogens is 457 g/mol. The second-order valence-corrected chi connectivity index (χ2v) is 8.65. The van der Waals surface area contributed by atoms with Gasteiger partial charge in [0.2, 0.25) is 5.06 Å². The zero-order valence-corrected chi connectivity index (χ0v) is 17.1. The number of hydrogen-bond acceptors (Lipinski definition) is 3. The molecule has 0 heterocycles. The maximum absolute atomic E-state index is 12.2. The van der Waals surface area contributed by atoms with Crippen molar-refractivity contribution in [3.05, 3.63) is 58.1 Å². The Morgan fingerprint density at radius 2 is 1.59 bits per heavy atom. The van der Waals surface area contributed by atoms with Crippen LogP contribution in [0.25, 0.3) is 0 Å². The molecule has 0 radical (unpaired) electrons. The summed E-state index contributed by atoms with van der Waals surface area (Å²) in [4.78, 5) is 24.3. The van der Waals surface area contributed by atoms with Crippen molar-refractivity contribution in [1.82, 2.24) is 5.32 Å². The summed E-state index contributed by atoms with van der Waals surface area (Å²) in [7, 11) is 0. The molecule has 2 aromatic rings. The highest BCUT2D eigenvalue weighted by Gasteiger charge is 2.69. The van der Waals surface area contributed by atoms with E-state index in [1.165, 1.54) is 18.2 Å². The van der Waals surface area contributed by atoms with Crippen LogP contribution in [0.1, 0.15) is 16.8 Å². The van der Waals surface area contributed by atoms with Crippen LogP contribution in [-0.4, -0.2) is 21.3 Å². The fourth-order valence-corrected chi connectivity index (χ4v) is 3.67. The molecule has 1 aliphatic rings. The monoisotopic (exact) mass is 466 g/mol. The van der Waals surface area contributed by atoms with E-state index in [1.54, 1.807) is 24.3 Å². The van der Waals surface area contributed by atoms with Crippen LogP contribution in [-0.2, 0) is 0 Å². The molecule has 2 N–H and O–H groups in total. The van der Waals surface area contributed by atoms with Gasteiger partial charge in [0.25, 0.3) is 5.91 Å². The molecule has 2 aromatic carbocycles. The average molecular weight is 469 g/mol. The van der Waals surface area contributed by atoms with E-state index < -0.39 is 21.3 Å². The molecule has 0 bridgehead atoms. The van der Waals surface area contributed by atoms with Crippen molar-refractivity contribution in [2.45, 2.75) is 15.8 Å². The lowest BCUT2D eigenvalue weighted by molar-refractivity contribution is 0.0967. The summed E-state index contributed by atoms with van der Waals surface area (Å²) in [5, 5.41) is 3.70. The van der Waals surface area contributed by atoms with Gasteiger partial charge in [-0.3, -0.25) is 10.1 Å². The molecule has 1 aliphatic carbocycles. The number of imide groups is 1. The number of ether oxygens (including phenoxy) is 1. The Hall–Kier alpha value is -1.37. The molecule has 3 amide bonds. The predicted octanol–water partition coefficient (Wildman–Crippen LogP) is 5.85. The molecule has 0 spiro atoms. The van der Waals surface area contributed by atoms with E-state index in [9.17, 15) is 9.59 Å². The van der Waals surface area contributed by atoms with Gasteiger partial charge in [-0.1, -0.05) is 70.1 Å². The van der Waals surface area contributed by atoms with Gasteiger partial charge in [-0.2, -0.15) is 0 Å². The van der Waals surface area contributed by atoms with E-state index in [2.05, 4.69) is 10.6 Å². The molecule has 0 saturated heterocycles. The van der Waals surface area contributed by atoms with Crippen LogP contribution in [0.4, 0.5) is 10.5 Å². The minimum Gasteiger partial charge on any atom is -0.468 e. The minimum atomic E-state index is -1.21. The molecule has 1 saturated carbocycles. The van der Waals surface area contributed by atoms with Crippen molar-refractivity contribution in [3.8, 4) is 5.75 Å². The first-order chi connectivity index (χ1) is 12.6. The quantitative estimate of drug-likeness (QED) is 0.554. The number of hydrogen-bond donors (Lipinski definition) is 2. The second-order valence-electron chi connectivity index (χ2n) is 5.74. The molecule has 5 nitrogen and oxygen atoms in total. The van der Waals surface area contributed by atoms with Gasteiger partial charge < -0.3 is 10.1 Å². The molecular formula is C17H11Cl5N2O3. The Morgan fingerprint density at radius 1 is 1.00 bits per heavy atom. The van der Waals surface area contributed by atoms with Crippen LogP contribution in [0.5, 0.6) is 5.75 Å². The first kappa shape index (κ1) is 20.4. The van der Waals surface area contributed by atoms with Gasteiger partial charge in [0.1, 0.15) is 5.75 Å². The Balaban J connectivity index is 1.65. The van der Waals surface area contributed by atoms with E-state index in [4.69, 9.17) is 62.7 Å². The zero-order chi connectivity index (χ0) is 19.8. The number of carbonyl (C=O) groups excluding carboxylic acids is 2. The highest BCUT2D eigenvalue weighted by molar-refractivity contribution is 6.57. The summed E-state index contributed by atoms with van der Waals surface area (Å²) in [5.74, 6) is -0.381. The van der Waals surface area contributed by atoms with Gasteiger partial charge in [0, 0.05) is 18.2 Å². The summed E-state index contributed by atoms with van der Waals surface area (Å²) in [6.45, 7) is 0. The maximum Gasteiger partial charge on any atom is 0.326 e. The second kappa shape index (κ2) is 7.57. The number of alkyl halides is 3. The van der Waals surface area contributed by atoms with Gasteiger partial charge in [-0.25, -0.2) is 4.79 Å². The summed E-state index contributed by atoms with van der Waals surface area (Å²) in [5.41, 5.74) is 0.366. The molecule has 0 aromatic heterocycles. The van der Waals surface area contributed by atoms with E-state index in [1.807, 2.05) is 0 Å². The van der Waals surface area contributed by atoms with E-state index in [0.717, 1.165) is 0 Å². The van der Waals surface area contributed by atoms with Crippen LogP contribution in [0.15, 0.2) is 42.5 Å². The van der Waals surface area contributed by atoms with Gasteiger partial charge >= 0.3 is 6.03 Å². The third-order valence-corrected chi connectivity index (χ3v) is 5.89. The maximum atomic E-state index is 12.2. The Labute approximate surface area is 179 Å². The normalized spacial score (nSPS) is 19.9. The summed E-state index contributed by atoms with van der Waals surface area (Å²) < 4.78 is 4.39. The van der Waals surface area contributed by atoms with Gasteiger partial charge in [-0.05, 0) is 24.3 Å². The highest BCUT2D eigenvalue weighted by Crippen LogP contribution is 2.61. The first-order valence-corrected chi connectivity index (χ1v) is 9.42. The van der Waals surface area contributed by atoms with Crippen molar-refractivity contribution in [2.75, 3.05) is 5.32 Å². The standard InChI is InChI=1S/C17H11Cl5N2O3/c18-11-5-2-6-12(19)13(11)14(25)24-15(26)23-9-3-1-4-10(7-9)27-17(22)8-16(17,20)21/h1-7H,8H2,(H2,23,24,25,26). The number of urea groups is 1. The number of carbonyl (C=O) groups is 2. The van der Waals surface area contributed by atoms with Crippen LogP contribution < -0.4 is 15.4 Å². The Bertz CT molecular complexity index is 901. The molecule has 1 fully saturated rings. The number of halogens is 5. The number of anilines is 1. The predicted molar refractivity (Wildman–Crippen MR) is 108 cm³/mol. The number of benzene rings is 2. The average Bonchev–Trinajstić information content (AvgIpc) is 3.04. The van der Waals surface area contributed by atoms with E-state index in [0.29, 0.717) is 11.4 Å². The Kier molecular flexibility index (Phi) is 5.71. The first-order valence-electron chi connectivity index (χ1n) is 7.53. The topological polar surface area (TPSA) is 67.4 Å². The van der Waals surface area contributed by atoms with Crippen molar-refractivity contribution >= 4 is 75.6 Å². The summed E-state index contributed by atoms with van der Waals surface area (Å²) >= 11 is 29.9. The molecule has 0 aliphatic heterocycles. The number of rotatable bonds is 4. The lowest BCUT2D eigenvalue weighted by atomic mass is 10.2. The highest BCUT2D eigenvalue weighted by atomic mass is 35.5. The van der Waals surface area contributed by atoms with Crippen molar-refractivity contribution in [1.29, 1.82) is 0 Å². The van der Waals surface area contributed by atoms with Gasteiger partial charge in [0.05, 0.1) is 15.6 Å². The summed E-state index contributed by atoms with van der Waals surface area (Å²) in [6, 6.07) is 10.2. The Morgan fingerprint density at radius 3 is 2.19 bits per heavy atom.